The molecule has 3 N–H and O–H groups in total. The van der Waals surface area contributed by atoms with Gasteiger partial charge in [-0.05, 0) is 53.1 Å². The predicted octanol–water partition coefficient (Wildman–Crippen LogP) is 5.05. The number of hydrogen-bond acceptors (Lipinski definition) is 9. The van der Waals surface area contributed by atoms with Gasteiger partial charge < -0.3 is 24.1 Å². The number of nitrogens with one attached hydrogen (secondary N) is 2. The van der Waals surface area contributed by atoms with Gasteiger partial charge in [0.25, 0.3) is 11.5 Å². The second-order valence-corrected chi connectivity index (χ2v) is 11.8. The maximum atomic E-state index is 12.9. The molecule has 0 bridgehead atoms. The first-order valence-corrected chi connectivity index (χ1v) is 16.0. The van der Waals surface area contributed by atoms with Gasteiger partial charge >= 0.3 is 0 Å². The average molecular weight is 674 g/mol. The van der Waals surface area contributed by atoms with Crippen molar-refractivity contribution in [3.8, 4) is 11.5 Å². The number of ether oxygens (including phenoxy) is 4. The van der Waals surface area contributed by atoms with E-state index in [-0.39, 0.29) is 30.1 Å². The summed E-state index contributed by atoms with van der Waals surface area (Å²) in [6, 6.07) is 33.8. The molecule has 0 aliphatic carbocycles. The standard InChI is InChI=1S/C38H35N5O7/c1-47-28-17-13-26(14-18-28)38(25-11-7-4-8-12-25,27-15-19-29(48-2)20-16-27)49-22-31-30(44)21-32(50-31)43-23-39-33-34(43)40-37(42-36(33)46)41-35(45)24-9-5-3-6-10-24/h3-20,23,30-32,44H,21-22H2,1-2H3,(H2,40,41,42,45,46)/t30-,31-,32-/m1/s1. The van der Waals surface area contributed by atoms with Gasteiger partial charge in [0, 0.05) is 12.0 Å². The van der Waals surface area contributed by atoms with E-state index in [9.17, 15) is 14.7 Å². The van der Waals surface area contributed by atoms with Crippen LogP contribution in [0.4, 0.5) is 5.95 Å². The number of hydrogen-bond donors (Lipinski definition) is 3. The van der Waals surface area contributed by atoms with E-state index < -0.39 is 35.5 Å². The van der Waals surface area contributed by atoms with Crippen LogP contribution in [0, 0.1) is 0 Å². The number of imidazole rings is 1. The van der Waals surface area contributed by atoms with E-state index in [0.29, 0.717) is 17.1 Å². The van der Waals surface area contributed by atoms with E-state index in [2.05, 4.69) is 20.3 Å². The second kappa shape index (κ2) is 14.0. The third-order valence-electron chi connectivity index (χ3n) is 8.85. The Morgan fingerprint density at radius 1 is 0.900 bits per heavy atom. The summed E-state index contributed by atoms with van der Waals surface area (Å²) in [6.45, 7) is 0.00362. The summed E-state index contributed by atoms with van der Waals surface area (Å²) in [5.74, 6) is 0.930. The Bertz CT molecular complexity index is 2090. The third-order valence-corrected chi connectivity index (χ3v) is 8.85. The molecule has 1 saturated heterocycles. The summed E-state index contributed by atoms with van der Waals surface area (Å²) >= 11 is 0. The van der Waals surface area contributed by atoms with Crippen molar-refractivity contribution in [2.75, 3.05) is 26.1 Å². The van der Waals surface area contributed by atoms with Crippen molar-refractivity contribution in [3.63, 3.8) is 0 Å². The van der Waals surface area contributed by atoms with Gasteiger partial charge in [-0.1, -0.05) is 72.8 Å². The molecule has 12 nitrogen and oxygen atoms in total. The lowest BCUT2D eigenvalue weighted by molar-refractivity contribution is -0.0931. The van der Waals surface area contributed by atoms with Gasteiger partial charge in [0.05, 0.1) is 33.3 Å². The molecule has 1 aliphatic heterocycles. The van der Waals surface area contributed by atoms with E-state index in [4.69, 9.17) is 18.9 Å². The normalized spacial score (nSPS) is 17.5. The first-order chi connectivity index (χ1) is 24.4. The highest BCUT2D eigenvalue weighted by molar-refractivity contribution is 6.03. The number of aromatic nitrogens is 4. The summed E-state index contributed by atoms with van der Waals surface area (Å²) < 4.78 is 25.8. The number of fused-ring (bicyclic) bond motifs is 1. The fraction of sp³-hybridized carbons (Fsp3) is 0.211. The SMILES string of the molecule is COc1ccc(C(OC[C@H]2O[C@@H](n3cnc4c(=O)[nH]c(NC(=O)c5ccccc5)nc43)C[C@H]2O)(c2ccccc2)c2ccc(OC)cc2)cc1. The highest BCUT2D eigenvalue weighted by atomic mass is 16.6. The maximum absolute atomic E-state index is 12.9. The zero-order chi connectivity index (χ0) is 34.7. The van der Waals surface area contributed by atoms with E-state index in [0.717, 1.165) is 16.7 Å². The molecule has 0 radical (unpaired) electrons. The number of H-pyrrole nitrogens is 1. The lowest BCUT2D eigenvalue weighted by Gasteiger charge is -2.37. The predicted molar refractivity (Wildman–Crippen MR) is 185 cm³/mol. The Hall–Kier alpha value is -5.82. The lowest BCUT2D eigenvalue weighted by Crippen LogP contribution is -2.38. The summed E-state index contributed by atoms with van der Waals surface area (Å²) in [5.41, 5.74) is 1.60. The van der Waals surface area contributed by atoms with Crippen LogP contribution in [0.3, 0.4) is 0 Å². The minimum atomic E-state index is -1.11. The van der Waals surface area contributed by atoms with Gasteiger partial charge in [0.1, 0.15) is 29.4 Å². The fourth-order valence-electron chi connectivity index (χ4n) is 6.28. The van der Waals surface area contributed by atoms with Crippen LogP contribution in [0.1, 0.15) is 39.7 Å². The molecule has 1 fully saturated rings. The van der Waals surface area contributed by atoms with E-state index in [1.165, 1.54) is 6.33 Å². The van der Waals surface area contributed by atoms with Crippen LogP contribution in [-0.4, -0.2) is 63.6 Å². The van der Waals surface area contributed by atoms with Crippen LogP contribution in [-0.2, 0) is 15.1 Å². The average Bonchev–Trinajstić information content (AvgIpc) is 3.76. The van der Waals surface area contributed by atoms with Gasteiger partial charge in [-0.2, -0.15) is 4.98 Å². The molecular formula is C38H35N5O7. The molecule has 12 heteroatoms. The van der Waals surface area contributed by atoms with E-state index in [1.54, 1.807) is 49.1 Å². The van der Waals surface area contributed by atoms with Crippen LogP contribution in [0.2, 0.25) is 0 Å². The minimum Gasteiger partial charge on any atom is -0.497 e. The Morgan fingerprint density at radius 2 is 1.48 bits per heavy atom. The molecular weight excluding hydrogens is 638 g/mol. The number of anilines is 1. The van der Waals surface area contributed by atoms with Gasteiger partial charge in [0.15, 0.2) is 11.2 Å². The maximum Gasteiger partial charge on any atom is 0.280 e. The monoisotopic (exact) mass is 673 g/mol. The number of carbonyl (C=O) groups excluding carboxylic acids is 1. The van der Waals surface area contributed by atoms with E-state index >= 15 is 0 Å². The Balaban J connectivity index is 1.19. The van der Waals surface area contributed by atoms with Crippen LogP contribution < -0.4 is 20.3 Å². The highest BCUT2D eigenvalue weighted by Gasteiger charge is 2.42. The smallest absolute Gasteiger partial charge is 0.280 e. The van der Waals surface area contributed by atoms with Crippen LogP contribution >= 0.6 is 0 Å². The molecule has 3 atom stereocenters. The van der Waals surface area contributed by atoms with Gasteiger partial charge in [-0.15, -0.1) is 0 Å². The molecule has 0 saturated carbocycles. The zero-order valence-corrected chi connectivity index (χ0v) is 27.4. The van der Waals surface area contributed by atoms with Crippen molar-refractivity contribution in [2.45, 2.75) is 30.5 Å². The largest absolute Gasteiger partial charge is 0.497 e. The number of amides is 1. The number of methoxy groups -OCH3 is 2. The molecule has 50 heavy (non-hydrogen) atoms. The Labute approximate surface area is 287 Å². The first-order valence-electron chi connectivity index (χ1n) is 16.0. The Kier molecular flexibility index (Phi) is 9.13. The molecule has 0 unspecified atom stereocenters. The minimum absolute atomic E-state index is 0.00362. The summed E-state index contributed by atoms with van der Waals surface area (Å²) in [4.78, 5) is 37.0. The van der Waals surface area contributed by atoms with Crippen molar-refractivity contribution in [3.05, 3.63) is 148 Å². The highest BCUT2D eigenvalue weighted by Crippen LogP contribution is 2.43. The number of aliphatic hydroxyl groups excluding tert-OH is 1. The molecule has 3 heterocycles. The third kappa shape index (κ3) is 6.23. The van der Waals surface area contributed by atoms with Crippen molar-refractivity contribution < 1.29 is 28.8 Å². The summed E-state index contributed by atoms with van der Waals surface area (Å²) in [5, 5.41) is 14.0. The fourth-order valence-corrected chi connectivity index (χ4v) is 6.28. The molecule has 1 aliphatic rings. The quantitative estimate of drug-likeness (QED) is 0.161. The van der Waals surface area contributed by atoms with Crippen LogP contribution in [0.15, 0.2) is 120 Å². The van der Waals surface area contributed by atoms with Crippen molar-refractivity contribution in [1.29, 1.82) is 0 Å². The molecule has 2 aromatic heterocycles. The molecule has 6 aromatic rings. The molecule has 254 valence electrons. The van der Waals surface area contributed by atoms with E-state index in [1.807, 2.05) is 78.9 Å². The summed E-state index contributed by atoms with van der Waals surface area (Å²) in [6.07, 6.45) is -0.764. The number of nitrogens with zero attached hydrogens (tertiary/aromatic N) is 3. The number of aliphatic hydroxyl groups is 1. The number of carbonyl (C=O) groups is 1. The summed E-state index contributed by atoms with van der Waals surface area (Å²) in [7, 11) is 3.23. The van der Waals surface area contributed by atoms with Gasteiger partial charge in [-0.25, -0.2) is 4.98 Å². The van der Waals surface area contributed by atoms with Crippen molar-refractivity contribution in [1.82, 2.24) is 19.5 Å². The number of rotatable bonds is 11. The lowest BCUT2D eigenvalue weighted by atomic mass is 9.80. The molecule has 7 rings (SSSR count). The zero-order valence-electron chi connectivity index (χ0n) is 27.4. The number of aromatic amines is 1. The second-order valence-electron chi connectivity index (χ2n) is 11.8. The number of benzene rings is 4. The van der Waals surface area contributed by atoms with Gasteiger partial charge in [-0.3, -0.25) is 24.5 Å². The Morgan fingerprint density at radius 3 is 2.08 bits per heavy atom. The molecule has 0 spiro atoms. The van der Waals surface area contributed by atoms with Crippen molar-refractivity contribution >= 4 is 23.0 Å². The van der Waals surface area contributed by atoms with Gasteiger partial charge in [0.2, 0.25) is 5.95 Å². The molecule has 1 amide bonds. The van der Waals surface area contributed by atoms with Crippen LogP contribution in [0.25, 0.3) is 11.2 Å². The van der Waals surface area contributed by atoms with Crippen molar-refractivity contribution in [2.24, 2.45) is 0 Å². The van der Waals surface area contributed by atoms with Crippen LogP contribution in [0.5, 0.6) is 11.5 Å². The first kappa shape index (κ1) is 32.7. The topological polar surface area (TPSA) is 150 Å². The molecule has 4 aromatic carbocycles.